The normalized spacial score (nSPS) is 11.7. The van der Waals surface area contributed by atoms with E-state index >= 15 is 0 Å². The minimum atomic E-state index is -0.293. The maximum absolute atomic E-state index is 13.0. The minimum absolute atomic E-state index is 0.208. The first-order chi connectivity index (χ1) is 13.1. The third kappa shape index (κ3) is 4.65. The highest BCUT2D eigenvalue weighted by molar-refractivity contribution is 7.98. The van der Waals surface area contributed by atoms with Gasteiger partial charge >= 0.3 is 0 Å². The van der Waals surface area contributed by atoms with E-state index in [-0.39, 0.29) is 11.9 Å². The fourth-order valence-electron chi connectivity index (χ4n) is 2.82. The van der Waals surface area contributed by atoms with Gasteiger partial charge in [-0.15, -0.1) is 11.8 Å². The number of amides is 1. The first kappa shape index (κ1) is 19.3. The summed E-state index contributed by atoms with van der Waals surface area (Å²) in [5.74, 6) is 0.563. The second-order valence-electron chi connectivity index (χ2n) is 5.94. The van der Waals surface area contributed by atoms with Crippen LogP contribution >= 0.6 is 23.4 Å². The van der Waals surface area contributed by atoms with Crippen molar-refractivity contribution in [1.29, 1.82) is 0 Å². The Hall–Kier alpha value is -2.43. The van der Waals surface area contributed by atoms with Crippen molar-refractivity contribution >= 4 is 29.3 Å². The van der Waals surface area contributed by atoms with Crippen molar-refractivity contribution in [1.82, 2.24) is 5.32 Å². The molecule has 5 heteroatoms. The number of ether oxygens (including phenoxy) is 1. The Labute approximate surface area is 168 Å². The topological polar surface area (TPSA) is 38.3 Å². The molecule has 0 saturated carbocycles. The van der Waals surface area contributed by atoms with Crippen LogP contribution in [-0.2, 0) is 0 Å². The van der Waals surface area contributed by atoms with Gasteiger partial charge in [0.2, 0.25) is 0 Å². The van der Waals surface area contributed by atoms with Gasteiger partial charge in [0.05, 0.1) is 23.7 Å². The van der Waals surface area contributed by atoms with Crippen LogP contribution in [0.2, 0.25) is 5.02 Å². The molecule has 0 saturated heterocycles. The van der Waals surface area contributed by atoms with Gasteiger partial charge in [-0.2, -0.15) is 0 Å². The molecule has 0 aliphatic heterocycles. The summed E-state index contributed by atoms with van der Waals surface area (Å²) in [5, 5.41) is 3.56. The first-order valence-corrected chi connectivity index (χ1v) is 10.1. The van der Waals surface area contributed by atoms with Crippen LogP contribution in [0.3, 0.4) is 0 Å². The van der Waals surface area contributed by atoms with Crippen LogP contribution in [0.4, 0.5) is 0 Å². The number of rotatable bonds is 6. The van der Waals surface area contributed by atoms with Crippen LogP contribution in [0.5, 0.6) is 5.75 Å². The van der Waals surface area contributed by atoms with E-state index in [2.05, 4.69) is 5.32 Å². The average molecular weight is 398 g/mol. The molecular formula is C22H20ClNO2S. The summed E-state index contributed by atoms with van der Waals surface area (Å²) in [7, 11) is 1.63. The van der Waals surface area contributed by atoms with Crippen molar-refractivity contribution in [3.8, 4) is 5.75 Å². The smallest absolute Gasteiger partial charge is 0.253 e. The molecule has 1 atom stereocenters. The Morgan fingerprint density at radius 1 is 1.00 bits per heavy atom. The van der Waals surface area contributed by atoms with Crippen LogP contribution in [0, 0.1) is 0 Å². The lowest BCUT2D eigenvalue weighted by Gasteiger charge is -2.21. The highest BCUT2D eigenvalue weighted by Crippen LogP contribution is 2.27. The minimum Gasteiger partial charge on any atom is -0.497 e. The van der Waals surface area contributed by atoms with Crippen molar-refractivity contribution in [2.75, 3.05) is 13.4 Å². The molecule has 0 aromatic heterocycles. The quantitative estimate of drug-likeness (QED) is 0.551. The van der Waals surface area contributed by atoms with Crippen LogP contribution in [0.1, 0.15) is 27.5 Å². The molecule has 0 aliphatic rings. The fraction of sp³-hybridized carbons (Fsp3) is 0.136. The number of nitrogens with one attached hydrogen (secondary N) is 1. The van der Waals surface area contributed by atoms with Gasteiger partial charge < -0.3 is 10.1 Å². The number of benzene rings is 3. The number of methoxy groups -OCH3 is 1. The van der Waals surface area contributed by atoms with Crippen molar-refractivity contribution in [3.63, 3.8) is 0 Å². The SMILES string of the molecule is COc1ccc(C(NC(=O)c2cc(SC)ccc2Cl)c2ccccc2)cc1. The molecule has 27 heavy (non-hydrogen) atoms. The summed E-state index contributed by atoms with van der Waals surface area (Å²) in [5.41, 5.74) is 2.43. The van der Waals surface area contributed by atoms with Crippen LogP contribution in [-0.4, -0.2) is 19.3 Å². The first-order valence-electron chi connectivity index (χ1n) is 8.45. The fourth-order valence-corrected chi connectivity index (χ4v) is 3.46. The van der Waals surface area contributed by atoms with E-state index in [1.54, 1.807) is 24.9 Å². The molecule has 3 rings (SSSR count). The summed E-state index contributed by atoms with van der Waals surface area (Å²) < 4.78 is 5.24. The third-order valence-electron chi connectivity index (χ3n) is 4.28. The lowest BCUT2D eigenvalue weighted by Crippen LogP contribution is -2.29. The number of carbonyl (C=O) groups excluding carboxylic acids is 1. The second-order valence-corrected chi connectivity index (χ2v) is 7.22. The molecule has 0 bridgehead atoms. The predicted molar refractivity (Wildman–Crippen MR) is 112 cm³/mol. The van der Waals surface area contributed by atoms with E-state index in [1.165, 1.54) is 0 Å². The van der Waals surface area contributed by atoms with Gasteiger partial charge in [0.25, 0.3) is 5.91 Å². The van der Waals surface area contributed by atoms with Crippen molar-refractivity contribution in [2.24, 2.45) is 0 Å². The molecule has 1 amide bonds. The Balaban J connectivity index is 1.95. The van der Waals surface area contributed by atoms with Gasteiger partial charge in [-0.05, 0) is 47.7 Å². The molecule has 3 nitrogen and oxygen atoms in total. The zero-order valence-electron chi connectivity index (χ0n) is 15.1. The van der Waals surface area contributed by atoms with E-state index in [9.17, 15) is 4.79 Å². The second kappa shape index (κ2) is 8.98. The van der Waals surface area contributed by atoms with Gasteiger partial charge in [0.1, 0.15) is 5.75 Å². The maximum Gasteiger partial charge on any atom is 0.253 e. The highest BCUT2D eigenvalue weighted by Gasteiger charge is 2.19. The van der Waals surface area contributed by atoms with Crippen molar-refractivity contribution in [2.45, 2.75) is 10.9 Å². The molecule has 0 fully saturated rings. The standard InChI is InChI=1S/C22H20ClNO2S/c1-26-17-10-8-16(9-11-17)21(15-6-4-3-5-7-15)24-22(25)19-14-18(27-2)12-13-20(19)23/h3-14,21H,1-2H3,(H,24,25). The molecule has 0 heterocycles. The van der Waals surface area contributed by atoms with Gasteiger partial charge in [0, 0.05) is 4.90 Å². The van der Waals surface area contributed by atoms with Gasteiger partial charge in [-0.1, -0.05) is 54.1 Å². The zero-order chi connectivity index (χ0) is 19.2. The van der Waals surface area contributed by atoms with Crippen LogP contribution in [0.25, 0.3) is 0 Å². The van der Waals surface area contributed by atoms with Crippen molar-refractivity contribution < 1.29 is 9.53 Å². The largest absolute Gasteiger partial charge is 0.497 e. The lowest BCUT2D eigenvalue weighted by molar-refractivity contribution is 0.0943. The lowest BCUT2D eigenvalue weighted by atomic mass is 9.98. The summed E-state index contributed by atoms with van der Waals surface area (Å²) >= 11 is 7.85. The maximum atomic E-state index is 13.0. The monoisotopic (exact) mass is 397 g/mol. The molecule has 0 aliphatic carbocycles. The van der Waals surface area contributed by atoms with Gasteiger partial charge in [-0.3, -0.25) is 4.79 Å². The number of carbonyl (C=O) groups is 1. The number of thioether (sulfide) groups is 1. The molecule has 1 unspecified atom stereocenters. The zero-order valence-corrected chi connectivity index (χ0v) is 16.7. The molecule has 0 spiro atoms. The van der Waals surface area contributed by atoms with Crippen LogP contribution in [0.15, 0.2) is 77.7 Å². The molecule has 3 aromatic carbocycles. The van der Waals surface area contributed by atoms with E-state index in [4.69, 9.17) is 16.3 Å². The van der Waals surface area contributed by atoms with Crippen molar-refractivity contribution in [3.05, 3.63) is 94.5 Å². The molecular weight excluding hydrogens is 378 g/mol. The predicted octanol–water partition coefficient (Wildman–Crippen LogP) is 5.59. The van der Waals surface area contributed by atoms with E-state index in [0.29, 0.717) is 10.6 Å². The van der Waals surface area contributed by atoms with E-state index < -0.39 is 0 Å². The molecule has 0 radical (unpaired) electrons. The number of halogens is 1. The molecule has 1 N–H and O–H groups in total. The van der Waals surface area contributed by atoms with E-state index in [0.717, 1.165) is 21.8 Å². The number of hydrogen-bond donors (Lipinski definition) is 1. The highest BCUT2D eigenvalue weighted by atomic mass is 35.5. The Morgan fingerprint density at radius 2 is 1.67 bits per heavy atom. The Bertz CT molecular complexity index is 913. The summed E-state index contributed by atoms with van der Waals surface area (Å²) in [6, 6.07) is 22.7. The summed E-state index contributed by atoms with van der Waals surface area (Å²) in [6.45, 7) is 0. The Kier molecular flexibility index (Phi) is 6.43. The number of hydrogen-bond acceptors (Lipinski definition) is 3. The Morgan fingerprint density at radius 3 is 2.30 bits per heavy atom. The van der Waals surface area contributed by atoms with Gasteiger partial charge in [-0.25, -0.2) is 0 Å². The average Bonchev–Trinajstić information content (AvgIpc) is 2.73. The third-order valence-corrected chi connectivity index (χ3v) is 5.33. The molecule has 3 aromatic rings. The van der Waals surface area contributed by atoms with Crippen LogP contribution < -0.4 is 10.1 Å². The van der Waals surface area contributed by atoms with E-state index in [1.807, 2.05) is 73.0 Å². The van der Waals surface area contributed by atoms with Gasteiger partial charge in [0.15, 0.2) is 0 Å². The molecule has 138 valence electrons. The summed E-state index contributed by atoms with van der Waals surface area (Å²) in [4.78, 5) is 14.0. The summed E-state index contributed by atoms with van der Waals surface area (Å²) in [6.07, 6.45) is 1.97.